The van der Waals surface area contributed by atoms with Crippen LogP contribution in [0.4, 0.5) is 0 Å². The predicted molar refractivity (Wildman–Crippen MR) is 111 cm³/mol. The van der Waals surface area contributed by atoms with Crippen LogP contribution in [0.25, 0.3) is 11.0 Å². The molecule has 0 bridgehead atoms. The fourth-order valence-corrected chi connectivity index (χ4v) is 4.60. The van der Waals surface area contributed by atoms with Gasteiger partial charge in [-0.05, 0) is 75.5 Å². The van der Waals surface area contributed by atoms with Crippen molar-refractivity contribution in [2.24, 2.45) is 11.8 Å². The highest BCUT2D eigenvalue weighted by atomic mass is 16.5. The minimum absolute atomic E-state index is 0.217. The second-order valence-corrected chi connectivity index (χ2v) is 8.42. The van der Waals surface area contributed by atoms with Crippen LogP contribution in [-0.4, -0.2) is 29.6 Å². The Bertz CT molecular complexity index is 1020. The normalized spacial score (nSPS) is 21.8. The molecule has 2 aliphatic carbocycles. The molecule has 30 heavy (non-hydrogen) atoms. The molecular weight excluding hydrogens is 386 g/mol. The van der Waals surface area contributed by atoms with E-state index in [0.717, 1.165) is 48.6 Å². The van der Waals surface area contributed by atoms with Gasteiger partial charge < -0.3 is 19.6 Å². The van der Waals surface area contributed by atoms with Gasteiger partial charge in [0.05, 0.1) is 5.92 Å². The van der Waals surface area contributed by atoms with Crippen molar-refractivity contribution in [1.29, 1.82) is 0 Å². The van der Waals surface area contributed by atoms with Crippen LogP contribution in [0.2, 0.25) is 0 Å². The summed E-state index contributed by atoms with van der Waals surface area (Å²) in [7, 11) is 0. The van der Waals surface area contributed by atoms with Crippen LogP contribution in [0, 0.1) is 11.8 Å². The van der Waals surface area contributed by atoms with Crippen molar-refractivity contribution >= 4 is 22.8 Å². The molecule has 2 aliphatic rings. The number of hydrogen-bond donors (Lipinski definition) is 2. The number of aliphatic carboxylic acids is 1. The molecule has 7 nitrogen and oxygen atoms in total. The highest BCUT2D eigenvalue weighted by Gasteiger charge is 2.27. The van der Waals surface area contributed by atoms with E-state index in [1.165, 1.54) is 0 Å². The topological polar surface area (TPSA) is 106 Å². The van der Waals surface area contributed by atoms with Crippen LogP contribution in [0.5, 0.6) is 5.75 Å². The van der Waals surface area contributed by atoms with Crippen LogP contribution in [0.1, 0.15) is 50.2 Å². The molecule has 1 atom stereocenters. The third kappa shape index (κ3) is 4.20. The Labute approximate surface area is 174 Å². The largest absolute Gasteiger partial charge is 0.481 e. The van der Waals surface area contributed by atoms with Crippen molar-refractivity contribution in [1.82, 2.24) is 5.32 Å². The molecule has 1 aromatic heterocycles. The molecule has 0 unspecified atom stereocenters. The maximum absolute atomic E-state index is 12.4. The van der Waals surface area contributed by atoms with Crippen molar-refractivity contribution in [2.45, 2.75) is 58.0 Å². The first-order valence-electron chi connectivity index (χ1n) is 10.7. The van der Waals surface area contributed by atoms with Crippen molar-refractivity contribution < 1.29 is 23.8 Å². The highest BCUT2D eigenvalue weighted by molar-refractivity contribution is 5.84. The Hall–Kier alpha value is -2.83. The minimum Gasteiger partial charge on any atom is -0.481 e. The first kappa shape index (κ1) is 20.4. The van der Waals surface area contributed by atoms with Crippen molar-refractivity contribution in [2.75, 3.05) is 6.54 Å². The van der Waals surface area contributed by atoms with E-state index in [2.05, 4.69) is 5.32 Å². The van der Waals surface area contributed by atoms with E-state index in [1.807, 2.05) is 6.07 Å². The van der Waals surface area contributed by atoms with Gasteiger partial charge in [-0.1, -0.05) is 0 Å². The van der Waals surface area contributed by atoms with Gasteiger partial charge in [-0.2, -0.15) is 0 Å². The average Bonchev–Trinajstić information content (AvgIpc) is 3.23. The lowest BCUT2D eigenvalue weighted by Crippen LogP contribution is -2.39. The molecule has 0 spiro atoms. The summed E-state index contributed by atoms with van der Waals surface area (Å²) in [5.41, 5.74) is 2.05. The van der Waals surface area contributed by atoms with E-state index in [1.54, 1.807) is 19.1 Å². The molecular formula is C23H27NO6. The van der Waals surface area contributed by atoms with Crippen LogP contribution in [0.3, 0.4) is 0 Å². The summed E-state index contributed by atoms with van der Waals surface area (Å²) in [4.78, 5) is 35.6. The fraction of sp³-hybridized carbons (Fsp3) is 0.522. The SMILES string of the molecule is C[C@H](Oc1ccc2c3c(c(=O)oc2c1)CCC3)C(=O)NCC1CCC(C(=O)O)CC1. The molecule has 0 radical (unpaired) electrons. The number of carbonyl (C=O) groups is 2. The van der Waals surface area contributed by atoms with Crippen LogP contribution < -0.4 is 15.7 Å². The number of aryl methyl sites for hydroxylation is 1. The molecule has 2 aromatic rings. The van der Waals surface area contributed by atoms with E-state index in [4.69, 9.17) is 14.3 Å². The summed E-state index contributed by atoms with van der Waals surface area (Å²) in [6, 6.07) is 5.37. The Morgan fingerprint density at radius 1 is 1.20 bits per heavy atom. The second-order valence-electron chi connectivity index (χ2n) is 8.42. The number of carbonyl (C=O) groups excluding carboxylic acids is 1. The predicted octanol–water partition coefficient (Wildman–Crippen LogP) is 3.06. The number of fused-ring (bicyclic) bond motifs is 3. The molecule has 1 heterocycles. The van der Waals surface area contributed by atoms with E-state index in [-0.39, 0.29) is 17.5 Å². The summed E-state index contributed by atoms with van der Waals surface area (Å²) >= 11 is 0. The maximum Gasteiger partial charge on any atom is 0.339 e. The van der Waals surface area contributed by atoms with Crippen LogP contribution >= 0.6 is 0 Å². The third-order valence-corrected chi connectivity index (χ3v) is 6.39. The van der Waals surface area contributed by atoms with E-state index in [0.29, 0.717) is 36.6 Å². The molecule has 0 aliphatic heterocycles. The molecule has 160 valence electrons. The van der Waals surface area contributed by atoms with Crippen LogP contribution in [-0.2, 0) is 22.4 Å². The average molecular weight is 413 g/mol. The van der Waals surface area contributed by atoms with Gasteiger partial charge in [-0.3, -0.25) is 9.59 Å². The minimum atomic E-state index is -0.726. The smallest absolute Gasteiger partial charge is 0.339 e. The number of benzene rings is 1. The van der Waals surface area contributed by atoms with Crippen molar-refractivity contribution in [3.05, 3.63) is 39.7 Å². The number of carboxylic acid groups (broad SMARTS) is 1. The number of carboxylic acids is 1. The highest BCUT2D eigenvalue weighted by Crippen LogP contribution is 2.30. The van der Waals surface area contributed by atoms with Gasteiger partial charge in [0.15, 0.2) is 6.10 Å². The van der Waals surface area contributed by atoms with Gasteiger partial charge in [0.2, 0.25) is 0 Å². The van der Waals surface area contributed by atoms with Gasteiger partial charge >= 0.3 is 11.6 Å². The van der Waals surface area contributed by atoms with E-state index < -0.39 is 12.1 Å². The first-order chi connectivity index (χ1) is 14.4. The number of ether oxygens (including phenoxy) is 1. The quantitative estimate of drug-likeness (QED) is 0.705. The zero-order chi connectivity index (χ0) is 21.3. The summed E-state index contributed by atoms with van der Waals surface area (Å²) in [6.45, 7) is 2.21. The summed E-state index contributed by atoms with van der Waals surface area (Å²) in [6.07, 6.45) is 4.85. The molecule has 1 saturated carbocycles. The molecule has 1 amide bonds. The number of amides is 1. The molecule has 0 saturated heterocycles. The van der Waals surface area contributed by atoms with Crippen molar-refractivity contribution in [3.8, 4) is 5.75 Å². The third-order valence-electron chi connectivity index (χ3n) is 6.39. The standard InChI is InChI=1S/C23H27NO6/c1-13(21(25)24-12-14-5-7-15(8-6-14)22(26)27)29-16-9-10-18-17-3-2-4-19(17)23(28)30-20(18)11-16/h9-11,13-15H,2-8,12H2,1H3,(H,24,25)(H,26,27)/t13-,14?,15?/m0/s1. The molecule has 2 N–H and O–H groups in total. The van der Waals surface area contributed by atoms with Gasteiger partial charge in [-0.15, -0.1) is 0 Å². The summed E-state index contributed by atoms with van der Waals surface area (Å²) < 4.78 is 11.2. The maximum atomic E-state index is 12.4. The molecule has 7 heteroatoms. The first-order valence-corrected chi connectivity index (χ1v) is 10.7. The van der Waals surface area contributed by atoms with E-state index in [9.17, 15) is 14.4 Å². The Kier molecular flexibility index (Phi) is 5.79. The van der Waals surface area contributed by atoms with Crippen LogP contribution in [0.15, 0.2) is 27.4 Å². The lowest BCUT2D eigenvalue weighted by atomic mass is 9.82. The Morgan fingerprint density at radius 2 is 1.93 bits per heavy atom. The van der Waals surface area contributed by atoms with Gasteiger partial charge in [0.1, 0.15) is 11.3 Å². The van der Waals surface area contributed by atoms with Gasteiger partial charge in [0.25, 0.3) is 5.91 Å². The number of rotatable bonds is 6. The summed E-state index contributed by atoms with van der Waals surface area (Å²) in [5.74, 6) is -0.420. The molecule has 1 fully saturated rings. The van der Waals surface area contributed by atoms with Gasteiger partial charge in [-0.25, -0.2) is 4.79 Å². The fourth-order valence-electron chi connectivity index (χ4n) is 4.60. The van der Waals surface area contributed by atoms with Crippen molar-refractivity contribution in [3.63, 3.8) is 0 Å². The number of hydrogen-bond acceptors (Lipinski definition) is 5. The Morgan fingerprint density at radius 3 is 2.67 bits per heavy atom. The Balaban J connectivity index is 1.34. The zero-order valence-electron chi connectivity index (χ0n) is 17.1. The monoisotopic (exact) mass is 413 g/mol. The summed E-state index contributed by atoms with van der Waals surface area (Å²) in [5, 5.41) is 12.9. The van der Waals surface area contributed by atoms with E-state index >= 15 is 0 Å². The van der Waals surface area contributed by atoms with Gasteiger partial charge in [0, 0.05) is 23.6 Å². The number of nitrogens with one attached hydrogen (secondary N) is 1. The lowest BCUT2D eigenvalue weighted by Gasteiger charge is -2.26. The molecule has 1 aromatic carbocycles. The molecule has 4 rings (SSSR count). The lowest BCUT2D eigenvalue weighted by molar-refractivity contribution is -0.143. The second kappa shape index (κ2) is 8.50. The zero-order valence-corrected chi connectivity index (χ0v) is 17.1.